The highest BCUT2D eigenvalue weighted by Crippen LogP contribution is 2.36. The summed E-state index contributed by atoms with van der Waals surface area (Å²) in [4.78, 5) is 0.494. The Labute approximate surface area is 106 Å². The smallest absolute Gasteiger partial charge is 0.130 e. The Kier molecular flexibility index (Phi) is 3.50. The molecule has 0 fully saturated rings. The molecule has 5 heteroatoms. The SMILES string of the molecule is OC(c1sccc1Cl)c1c(F)cccc1Cl. The van der Waals surface area contributed by atoms with E-state index in [9.17, 15) is 9.50 Å². The second-order valence-corrected chi connectivity index (χ2v) is 4.93. The molecule has 0 aliphatic heterocycles. The van der Waals surface area contributed by atoms with Gasteiger partial charge < -0.3 is 5.11 Å². The summed E-state index contributed by atoms with van der Waals surface area (Å²) in [6.45, 7) is 0. The fourth-order valence-electron chi connectivity index (χ4n) is 1.40. The molecular formula is C11H7Cl2FOS. The Hall–Kier alpha value is -0.610. The van der Waals surface area contributed by atoms with Gasteiger partial charge in [0.05, 0.1) is 9.90 Å². The summed E-state index contributed by atoms with van der Waals surface area (Å²) in [6, 6.07) is 5.93. The van der Waals surface area contributed by atoms with E-state index >= 15 is 0 Å². The molecular weight excluding hydrogens is 270 g/mol. The van der Waals surface area contributed by atoms with Crippen LogP contribution in [0.1, 0.15) is 16.5 Å². The standard InChI is InChI=1S/C11H7Cl2FOS/c12-6-2-1-3-8(14)9(6)10(15)11-7(13)4-5-16-11/h1-5,10,15H. The van der Waals surface area contributed by atoms with E-state index in [1.165, 1.54) is 29.5 Å². The van der Waals surface area contributed by atoms with E-state index in [2.05, 4.69) is 0 Å². The molecule has 0 radical (unpaired) electrons. The van der Waals surface area contributed by atoms with Gasteiger partial charge in [-0.3, -0.25) is 0 Å². The van der Waals surface area contributed by atoms with Gasteiger partial charge in [0.1, 0.15) is 11.9 Å². The third-order valence-corrected chi connectivity index (χ3v) is 3.91. The normalized spacial score (nSPS) is 12.8. The second-order valence-electron chi connectivity index (χ2n) is 3.17. The summed E-state index contributed by atoms with van der Waals surface area (Å²) in [6.07, 6.45) is -1.12. The van der Waals surface area contributed by atoms with Crippen LogP contribution in [0, 0.1) is 5.82 Å². The molecule has 1 atom stereocenters. The Balaban J connectivity index is 2.49. The molecule has 1 heterocycles. The molecule has 1 nitrogen and oxygen atoms in total. The lowest BCUT2D eigenvalue weighted by molar-refractivity contribution is 0.219. The lowest BCUT2D eigenvalue weighted by Crippen LogP contribution is -2.02. The third kappa shape index (κ3) is 2.09. The summed E-state index contributed by atoms with van der Waals surface area (Å²) < 4.78 is 13.5. The number of halogens is 3. The number of thiophene rings is 1. The molecule has 0 spiro atoms. The maximum absolute atomic E-state index is 13.5. The van der Waals surface area contributed by atoms with Gasteiger partial charge in [-0.2, -0.15) is 0 Å². The van der Waals surface area contributed by atoms with Crippen LogP contribution in [0.4, 0.5) is 4.39 Å². The van der Waals surface area contributed by atoms with Crippen LogP contribution in [0.2, 0.25) is 10.0 Å². The van der Waals surface area contributed by atoms with Crippen molar-refractivity contribution >= 4 is 34.5 Å². The summed E-state index contributed by atoms with van der Waals surface area (Å²) in [5, 5.41) is 12.4. The second kappa shape index (κ2) is 4.72. The first-order valence-corrected chi connectivity index (χ1v) is 6.09. The monoisotopic (exact) mass is 276 g/mol. The van der Waals surface area contributed by atoms with E-state index in [4.69, 9.17) is 23.2 Å². The summed E-state index contributed by atoms with van der Waals surface area (Å²) in [5.41, 5.74) is 0.0634. The van der Waals surface area contributed by atoms with Crippen LogP contribution >= 0.6 is 34.5 Å². The van der Waals surface area contributed by atoms with Crippen molar-refractivity contribution < 1.29 is 9.50 Å². The lowest BCUT2D eigenvalue weighted by atomic mass is 10.1. The fraction of sp³-hybridized carbons (Fsp3) is 0.0909. The predicted octanol–water partition coefficient (Wildman–Crippen LogP) is 4.28. The minimum absolute atomic E-state index is 0.0634. The third-order valence-electron chi connectivity index (χ3n) is 2.17. The number of rotatable bonds is 2. The maximum atomic E-state index is 13.5. The molecule has 84 valence electrons. The molecule has 16 heavy (non-hydrogen) atoms. The van der Waals surface area contributed by atoms with Gasteiger partial charge in [0.25, 0.3) is 0 Å². The minimum atomic E-state index is -1.12. The Bertz CT molecular complexity index is 492. The molecule has 2 rings (SSSR count). The number of hydrogen-bond donors (Lipinski definition) is 1. The van der Waals surface area contributed by atoms with E-state index in [0.29, 0.717) is 9.90 Å². The van der Waals surface area contributed by atoms with Crippen molar-refractivity contribution in [1.82, 2.24) is 0 Å². The number of hydrogen-bond acceptors (Lipinski definition) is 2. The van der Waals surface area contributed by atoms with Crippen molar-refractivity contribution in [2.45, 2.75) is 6.10 Å². The first-order valence-electron chi connectivity index (χ1n) is 4.46. The molecule has 1 N–H and O–H groups in total. The first kappa shape index (κ1) is 11.9. The van der Waals surface area contributed by atoms with Crippen molar-refractivity contribution in [3.05, 3.63) is 55.9 Å². The van der Waals surface area contributed by atoms with Crippen molar-refractivity contribution in [1.29, 1.82) is 0 Å². The highest BCUT2D eigenvalue weighted by molar-refractivity contribution is 7.10. The van der Waals surface area contributed by atoms with Gasteiger partial charge in [0.2, 0.25) is 0 Å². The molecule has 0 saturated carbocycles. The van der Waals surface area contributed by atoms with Crippen LogP contribution in [0.15, 0.2) is 29.6 Å². The first-order chi connectivity index (χ1) is 7.61. The highest BCUT2D eigenvalue weighted by Gasteiger charge is 2.21. The zero-order valence-corrected chi connectivity index (χ0v) is 10.3. The van der Waals surface area contributed by atoms with Gasteiger partial charge >= 0.3 is 0 Å². The molecule has 0 bridgehead atoms. The van der Waals surface area contributed by atoms with Crippen molar-refractivity contribution in [3.8, 4) is 0 Å². The van der Waals surface area contributed by atoms with E-state index in [-0.39, 0.29) is 10.6 Å². The molecule has 0 amide bonds. The highest BCUT2D eigenvalue weighted by atomic mass is 35.5. The molecule has 0 aliphatic rings. The van der Waals surface area contributed by atoms with Gasteiger partial charge in [-0.05, 0) is 23.6 Å². The van der Waals surface area contributed by atoms with E-state index in [1.54, 1.807) is 11.4 Å². The van der Waals surface area contributed by atoms with E-state index in [0.717, 1.165) is 0 Å². The summed E-state index contributed by atoms with van der Waals surface area (Å²) >= 11 is 13.0. The van der Waals surface area contributed by atoms with Crippen LogP contribution in [-0.4, -0.2) is 5.11 Å². The van der Waals surface area contributed by atoms with Crippen LogP contribution in [0.5, 0.6) is 0 Å². The average molecular weight is 277 g/mol. The Morgan fingerprint density at radius 3 is 2.50 bits per heavy atom. The van der Waals surface area contributed by atoms with Gasteiger partial charge in [0, 0.05) is 10.6 Å². The van der Waals surface area contributed by atoms with Gasteiger partial charge in [-0.1, -0.05) is 29.3 Å². The summed E-state index contributed by atoms with van der Waals surface area (Å²) in [7, 11) is 0. The number of aliphatic hydroxyl groups excluding tert-OH is 1. The maximum Gasteiger partial charge on any atom is 0.130 e. The number of benzene rings is 1. The molecule has 2 aromatic rings. The summed E-state index contributed by atoms with van der Waals surface area (Å²) in [5.74, 6) is -0.538. The molecule has 1 aromatic carbocycles. The lowest BCUT2D eigenvalue weighted by Gasteiger charge is -2.12. The molecule has 0 aliphatic carbocycles. The number of aliphatic hydroxyl groups is 1. The van der Waals surface area contributed by atoms with Crippen molar-refractivity contribution in [2.75, 3.05) is 0 Å². The van der Waals surface area contributed by atoms with Crippen LogP contribution < -0.4 is 0 Å². The van der Waals surface area contributed by atoms with Gasteiger partial charge in [-0.15, -0.1) is 11.3 Å². The zero-order valence-electron chi connectivity index (χ0n) is 7.95. The van der Waals surface area contributed by atoms with Gasteiger partial charge in [0.15, 0.2) is 0 Å². The van der Waals surface area contributed by atoms with Crippen LogP contribution in [-0.2, 0) is 0 Å². The van der Waals surface area contributed by atoms with Crippen molar-refractivity contribution in [2.24, 2.45) is 0 Å². The zero-order chi connectivity index (χ0) is 11.7. The van der Waals surface area contributed by atoms with Crippen LogP contribution in [0.3, 0.4) is 0 Å². The minimum Gasteiger partial charge on any atom is -0.383 e. The Morgan fingerprint density at radius 1 is 1.19 bits per heavy atom. The molecule has 1 aromatic heterocycles. The Morgan fingerprint density at radius 2 is 1.94 bits per heavy atom. The fourth-order valence-corrected chi connectivity index (χ4v) is 2.82. The average Bonchev–Trinajstić information content (AvgIpc) is 2.64. The topological polar surface area (TPSA) is 20.2 Å². The van der Waals surface area contributed by atoms with Gasteiger partial charge in [-0.25, -0.2) is 4.39 Å². The molecule has 1 unspecified atom stereocenters. The largest absolute Gasteiger partial charge is 0.383 e. The van der Waals surface area contributed by atoms with E-state index in [1.807, 2.05) is 0 Å². The van der Waals surface area contributed by atoms with Crippen molar-refractivity contribution in [3.63, 3.8) is 0 Å². The quantitative estimate of drug-likeness (QED) is 0.868. The van der Waals surface area contributed by atoms with Crippen LogP contribution in [0.25, 0.3) is 0 Å². The predicted molar refractivity (Wildman–Crippen MR) is 64.8 cm³/mol. The molecule has 0 saturated heterocycles. The van der Waals surface area contributed by atoms with E-state index < -0.39 is 11.9 Å².